The second kappa shape index (κ2) is 5.19. The summed E-state index contributed by atoms with van der Waals surface area (Å²) in [5.74, 6) is 0.605. The second-order valence-electron chi connectivity index (χ2n) is 4.46. The van der Waals surface area contributed by atoms with Crippen LogP contribution in [-0.4, -0.2) is 42.5 Å². The van der Waals surface area contributed by atoms with Crippen LogP contribution in [0.4, 0.5) is 0 Å². The minimum absolute atomic E-state index is 0.0228. The van der Waals surface area contributed by atoms with Gasteiger partial charge in [0.15, 0.2) is 6.29 Å². The summed E-state index contributed by atoms with van der Waals surface area (Å²) in [6.07, 6.45) is 2.82. The third-order valence-corrected chi connectivity index (χ3v) is 3.10. The van der Waals surface area contributed by atoms with Crippen molar-refractivity contribution < 1.29 is 14.6 Å². The van der Waals surface area contributed by atoms with E-state index < -0.39 is 0 Å². The maximum absolute atomic E-state index is 10.6. The molecule has 0 radical (unpaired) electrons. The maximum Gasteiger partial charge on any atom is 0.153 e. The first kappa shape index (κ1) is 11.9. The van der Waals surface area contributed by atoms with Crippen molar-refractivity contribution in [2.24, 2.45) is 0 Å². The average molecular weight is 235 g/mol. The van der Waals surface area contributed by atoms with Crippen molar-refractivity contribution in [3.05, 3.63) is 23.8 Å². The molecule has 0 aromatic heterocycles. The van der Waals surface area contributed by atoms with Crippen LogP contribution in [0.3, 0.4) is 0 Å². The van der Waals surface area contributed by atoms with E-state index in [0.717, 1.165) is 25.9 Å². The van der Waals surface area contributed by atoms with Gasteiger partial charge in [-0.3, -0.25) is 4.79 Å². The molecular weight excluding hydrogens is 218 g/mol. The third kappa shape index (κ3) is 2.97. The molecule has 1 fully saturated rings. The van der Waals surface area contributed by atoms with Gasteiger partial charge in [-0.15, -0.1) is 0 Å². The summed E-state index contributed by atoms with van der Waals surface area (Å²) in [5.41, 5.74) is 0.292. The number of aromatic hydroxyl groups is 1. The highest BCUT2D eigenvalue weighted by Crippen LogP contribution is 2.25. The van der Waals surface area contributed by atoms with E-state index in [4.69, 9.17) is 4.74 Å². The number of phenolic OH excluding ortho intramolecular Hbond substituents is 1. The van der Waals surface area contributed by atoms with Gasteiger partial charge in [0, 0.05) is 19.2 Å². The fourth-order valence-corrected chi connectivity index (χ4v) is 1.99. The van der Waals surface area contributed by atoms with Crippen LogP contribution in [0.25, 0.3) is 0 Å². The van der Waals surface area contributed by atoms with E-state index in [1.807, 2.05) is 0 Å². The number of hydrogen-bond donors (Lipinski definition) is 1. The zero-order chi connectivity index (χ0) is 12.3. The number of rotatable bonds is 3. The number of ether oxygens (including phenoxy) is 1. The van der Waals surface area contributed by atoms with Crippen LogP contribution < -0.4 is 4.74 Å². The van der Waals surface area contributed by atoms with Gasteiger partial charge in [-0.25, -0.2) is 0 Å². The summed E-state index contributed by atoms with van der Waals surface area (Å²) in [4.78, 5) is 12.8. The lowest BCUT2D eigenvalue weighted by Gasteiger charge is -2.29. The van der Waals surface area contributed by atoms with Crippen molar-refractivity contribution in [3.63, 3.8) is 0 Å². The van der Waals surface area contributed by atoms with Crippen LogP contribution in [0.15, 0.2) is 18.2 Å². The van der Waals surface area contributed by atoms with Gasteiger partial charge in [0.2, 0.25) is 0 Å². The van der Waals surface area contributed by atoms with Crippen molar-refractivity contribution in [1.82, 2.24) is 4.90 Å². The van der Waals surface area contributed by atoms with Crippen LogP contribution in [-0.2, 0) is 0 Å². The molecule has 0 spiro atoms. The number of carbonyl (C=O) groups excluding carboxylic acids is 1. The van der Waals surface area contributed by atoms with Crippen LogP contribution in [0.5, 0.6) is 11.5 Å². The smallest absolute Gasteiger partial charge is 0.153 e. The van der Waals surface area contributed by atoms with E-state index in [9.17, 15) is 9.90 Å². The molecule has 1 aromatic rings. The Bertz CT molecular complexity index is 398. The third-order valence-electron chi connectivity index (χ3n) is 3.10. The SMILES string of the molecule is CN1CCC(Oc2ccc(C=O)c(O)c2)CC1. The minimum atomic E-state index is -0.0228. The molecule has 1 aliphatic heterocycles. The molecule has 2 rings (SSSR count). The Morgan fingerprint density at radius 3 is 2.71 bits per heavy atom. The molecule has 4 heteroatoms. The van der Waals surface area contributed by atoms with Crippen molar-refractivity contribution in [2.45, 2.75) is 18.9 Å². The number of nitrogens with zero attached hydrogens (tertiary/aromatic N) is 1. The molecule has 1 N–H and O–H groups in total. The molecule has 0 saturated carbocycles. The number of piperidine rings is 1. The molecule has 4 nitrogen and oxygen atoms in total. The van der Waals surface area contributed by atoms with Crippen LogP contribution >= 0.6 is 0 Å². The summed E-state index contributed by atoms with van der Waals surface area (Å²) >= 11 is 0. The van der Waals surface area contributed by atoms with Gasteiger partial charge < -0.3 is 14.7 Å². The van der Waals surface area contributed by atoms with Crippen LogP contribution in [0.1, 0.15) is 23.2 Å². The molecule has 1 saturated heterocycles. The molecule has 17 heavy (non-hydrogen) atoms. The number of carbonyl (C=O) groups is 1. The summed E-state index contributed by atoms with van der Waals surface area (Å²) < 4.78 is 5.78. The largest absolute Gasteiger partial charge is 0.507 e. The molecule has 0 amide bonds. The Labute approximate surface area is 101 Å². The molecule has 1 aliphatic rings. The number of aldehydes is 1. The minimum Gasteiger partial charge on any atom is -0.507 e. The van der Waals surface area contributed by atoms with E-state index >= 15 is 0 Å². The van der Waals surface area contributed by atoms with Gasteiger partial charge >= 0.3 is 0 Å². The van der Waals surface area contributed by atoms with Crippen molar-refractivity contribution in [2.75, 3.05) is 20.1 Å². The lowest BCUT2D eigenvalue weighted by Crippen LogP contribution is -2.35. The lowest BCUT2D eigenvalue weighted by molar-refractivity contribution is 0.111. The fraction of sp³-hybridized carbons (Fsp3) is 0.462. The average Bonchev–Trinajstić information content (AvgIpc) is 2.32. The molecule has 1 aromatic carbocycles. The topological polar surface area (TPSA) is 49.8 Å². The highest BCUT2D eigenvalue weighted by atomic mass is 16.5. The van der Waals surface area contributed by atoms with Gasteiger partial charge in [0.25, 0.3) is 0 Å². The molecule has 92 valence electrons. The first-order valence-corrected chi connectivity index (χ1v) is 5.82. The Balaban J connectivity index is 1.99. The summed E-state index contributed by atoms with van der Waals surface area (Å²) in [5, 5.41) is 9.54. The Morgan fingerprint density at radius 1 is 1.41 bits per heavy atom. The van der Waals surface area contributed by atoms with Crippen molar-refractivity contribution >= 4 is 6.29 Å². The predicted molar refractivity (Wildman–Crippen MR) is 64.6 cm³/mol. The van der Waals surface area contributed by atoms with Gasteiger partial charge in [0.05, 0.1) is 5.56 Å². The Morgan fingerprint density at radius 2 is 2.12 bits per heavy atom. The van der Waals surface area contributed by atoms with E-state index in [-0.39, 0.29) is 11.9 Å². The molecule has 0 unspecified atom stereocenters. The van der Waals surface area contributed by atoms with E-state index in [0.29, 0.717) is 17.6 Å². The normalized spacial score (nSPS) is 17.9. The maximum atomic E-state index is 10.6. The number of benzene rings is 1. The zero-order valence-electron chi connectivity index (χ0n) is 9.93. The second-order valence-corrected chi connectivity index (χ2v) is 4.46. The van der Waals surface area contributed by atoms with Gasteiger partial charge in [-0.2, -0.15) is 0 Å². The van der Waals surface area contributed by atoms with E-state index in [1.165, 1.54) is 6.07 Å². The van der Waals surface area contributed by atoms with E-state index in [2.05, 4.69) is 11.9 Å². The molecule has 0 aliphatic carbocycles. The zero-order valence-corrected chi connectivity index (χ0v) is 9.93. The Kier molecular flexibility index (Phi) is 3.64. The monoisotopic (exact) mass is 235 g/mol. The molecular formula is C13H17NO3. The molecule has 0 atom stereocenters. The van der Waals surface area contributed by atoms with Crippen LogP contribution in [0.2, 0.25) is 0 Å². The highest BCUT2D eigenvalue weighted by Gasteiger charge is 2.18. The predicted octanol–water partition coefficient (Wildman–Crippen LogP) is 1.68. The number of hydrogen-bond acceptors (Lipinski definition) is 4. The fourth-order valence-electron chi connectivity index (χ4n) is 1.99. The Hall–Kier alpha value is -1.55. The van der Waals surface area contributed by atoms with Gasteiger partial charge in [-0.1, -0.05) is 0 Å². The summed E-state index contributed by atoms with van der Waals surface area (Å²) in [7, 11) is 2.10. The summed E-state index contributed by atoms with van der Waals surface area (Å²) in [6.45, 7) is 2.06. The van der Waals surface area contributed by atoms with Crippen LogP contribution in [0, 0.1) is 0 Å². The number of likely N-dealkylation sites (tertiary alicyclic amines) is 1. The first-order valence-electron chi connectivity index (χ1n) is 5.82. The van der Waals surface area contributed by atoms with Gasteiger partial charge in [0.1, 0.15) is 17.6 Å². The molecule has 1 heterocycles. The van der Waals surface area contributed by atoms with Crippen molar-refractivity contribution in [3.8, 4) is 11.5 Å². The highest BCUT2D eigenvalue weighted by molar-refractivity contribution is 5.79. The van der Waals surface area contributed by atoms with Gasteiger partial charge in [-0.05, 0) is 32.0 Å². The number of phenols is 1. The van der Waals surface area contributed by atoms with Crippen molar-refractivity contribution in [1.29, 1.82) is 0 Å². The quantitative estimate of drug-likeness (QED) is 0.810. The van der Waals surface area contributed by atoms with E-state index in [1.54, 1.807) is 12.1 Å². The molecule has 0 bridgehead atoms. The lowest BCUT2D eigenvalue weighted by atomic mass is 10.1. The first-order chi connectivity index (χ1) is 8.19. The standard InChI is InChI=1S/C13H17NO3/c1-14-6-4-11(5-7-14)17-12-3-2-10(9-15)13(16)8-12/h2-3,8-9,11,16H,4-7H2,1H3. The summed E-state index contributed by atoms with van der Waals surface area (Å²) in [6, 6.07) is 4.80.